The van der Waals surface area contributed by atoms with Crippen molar-refractivity contribution in [3.05, 3.63) is 35.4 Å². The molecule has 0 saturated heterocycles. The Morgan fingerprint density at radius 1 is 1.39 bits per heavy atom. The number of allylic oxidation sites excluding steroid dienone is 1. The van der Waals surface area contributed by atoms with E-state index >= 15 is 0 Å². The number of hydrogen-bond donors (Lipinski definition) is 0. The van der Waals surface area contributed by atoms with E-state index in [0.29, 0.717) is 5.56 Å². The Morgan fingerprint density at radius 2 is 2.11 bits per heavy atom. The Kier molecular flexibility index (Phi) is 4.64. The Hall–Kier alpha value is -2.61. The van der Waals surface area contributed by atoms with Crippen LogP contribution in [-0.4, -0.2) is 19.0 Å². The van der Waals surface area contributed by atoms with Crippen LogP contribution in [0.3, 0.4) is 0 Å². The van der Waals surface area contributed by atoms with Gasteiger partial charge >= 0.3 is 11.9 Å². The van der Waals surface area contributed by atoms with Gasteiger partial charge in [0.05, 0.1) is 18.7 Å². The summed E-state index contributed by atoms with van der Waals surface area (Å²) in [7, 11) is 1.25. The van der Waals surface area contributed by atoms with E-state index < -0.39 is 11.9 Å². The molecule has 0 N–H and O–H groups in total. The van der Waals surface area contributed by atoms with Crippen LogP contribution in [0.1, 0.15) is 22.8 Å². The maximum absolute atomic E-state index is 11.6. The Balaban J connectivity index is 3.20. The summed E-state index contributed by atoms with van der Waals surface area (Å²) in [6.07, 6.45) is 2.72. The van der Waals surface area contributed by atoms with Crippen molar-refractivity contribution >= 4 is 18.0 Å². The van der Waals surface area contributed by atoms with Crippen molar-refractivity contribution in [1.29, 1.82) is 5.26 Å². The molecule has 0 aliphatic heterocycles. The van der Waals surface area contributed by atoms with Crippen molar-refractivity contribution in [2.75, 3.05) is 7.11 Å². The first-order valence-corrected chi connectivity index (χ1v) is 5.05. The molecule has 1 aromatic rings. The highest BCUT2D eigenvalue weighted by atomic mass is 16.5. The first kappa shape index (κ1) is 13.5. The van der Waals surface area contributed by atoms with E-state index in [-0.39, 0.29) is 11.3 Å². The zero-order chi connectivity index (χ0) is 13.5. The molecule has 0 aromatic heterocycles. The average molecular weight is 245 g/mol. The fraction of sp³-hybridized carbons (Fsp3) is 0.154. The number of nitriles is 1. The van der Waals surface area contributed by atoms with Crippen LogP contribution in [0.15, 0.2) is 24.3 Å². The summed E-state index contributed by atoms with van der Waals surface area (Å²) in [6.45, 7) is 1.27. The number of esters is 2. The van der Waals surface area contributed by atoms with Crippen LogP contribution in [0.25, 0.3) is 6.08 Å². The molecular formula is C13H11NO4. The van der Waals surface area contributed by atoms with E-state index in [0.717, 1.165) is 0 Å². The molecule has 92 valence electrons. The Morgan fingerprint density at radius 3 is 2.67 bits per heavy atom. The predicted octanol–water partition coefficient (Wildman–Crippen LogP) is 1.94. The molecule has 0 atom stereocenters. The molecule has 0 aliphatic rings. The number of benzene rings is 1. The minimum absolute atomic E-state index is 0.225. The number of methoxy groups -OCH3 is 1. The maximum Gasteiger partial charge on any atom is 0.338 e. The lowest BCUT2D eigenvalue weighted by Gasteiger charge is -2.07. The fourth-order valence-electron chi connectivity index (χ4n) is 1.32. The van der Waals surface area contributed by atoms with Gasteiger partial charge in [-0.05, 0) is 23.8 Å². The molecule has 0 amide bonds. The normalized spacial score (nSPS) is 9.83. The van der Waals surface area contributed by atoms with Crippen molar-refractivity contribution in [3.8, 4) is 11.8 Å². The van der Waals surface area contributed by atoms with Gasteiger partial charge in [0.2, 0.25) is 0 Å². The summed E-state index contributed by atoms with van der Waals surface area (Å²) < 4.78 is 9.49. The number of carbonyl (C=O) groups excluding carboxylic acids is 2. The Labute approximate surface area is 104 Å². The van der Waals surface area contributed by atoms with Crippen molar-refractivity contribution in [2.24, 2.45) is 0 Å². The molecule has 5 heteroatoms. The molecule has 0 unspecified atom stereocenters. The number of rotatable bonds is 3. The lowest BCUT2D eigenvalue weighted by Crippen LogP contribution is -2.06. The smallest absolute Gasteiger partial charge is 0.338 e. The van der Waals surface area contributed by atoms with Gasteiger partial charge in [0.25, 0.3) is 0 Å². The standard InChI is InChI=1S/C13H11NO4/c1-9(15)18-11-6-5-10(4-3-7-14)12(8-11)13(16)17-2/h3-6,8H,1-2H3. The van der Waals surface area contributed by atoms with Gasteiger partial charge in [-0.15, -0.1) is 0 Å². The number of nitrogens with zero attached hydrogens (tertiary/aromatic N) is 1. The van der Waals surface area contributed by atoms with Gasteiger partial charge in [0.15, 0.2) is 0 Å². The van der Waals surface area contributed by atoms with E-state index in [9.17, 15) is 9.59 Å². The van der Waals surface area contributed by atoms with Gasteiger partial charge in [-0.1, -0.05) is 6.07 Å². The highest BCUT2D eigenvalue weighted by Crippen LogP contribution is 2.20. The lowest BCUT2D eigenvalue weighted by atomic mass is 10.1. The van der Waals surface area contributed by atoms with Gasteiger partial charge in [-0.25, -0.2) is 4.79 Å². The topological polar surface area (TPSA) is 76.4 Å². The van der Waals surface area contributed by atoms with Crippen molar-refractivity contribution in [3.63, 3.8) is 0 Å². The second kappa shape index (κ2) is 6.21. The first-order chi connectivity index (χ1) is 8.58. The molecule has 1 rings (SSSR count). The van der Waals surface area contributed by atoms with Crippen LogP contribution in [-0.2, 0) is 9.53 Å². The molecule has 5 nitrogen and oxygen atoms in total. The minimum Gasteiger partial charge on any atom is -0.465 e. The van der Waals surface area contributed by atoms with E-state index in [1.165, 1.54) is 38.3 Å². The summed E-state index contributed by atoms with van der Waals surface area (Å²) in [4.78, 5) is 22.4. The number of hydrogen-bond acceptors (Lipinski definition) is 5. The second-order valence-corrected chi connectivity index (χ2v) is 3.30. The van der Waals surface area contributed by atoms with Crippen molar-refractivity contribution in [2.45, 2.75) is 6.92 Å². The van der Waals surface area contributed by atoms with Crippen LogP contribution >= 0.6 is 0 Å². The lowest BCUT2D eigenvalue weighted by molar-refractivity contribution is -0.131. The molecule has 0 aliphatic carbocycles. The fourth-order valence-corrected chi connectivity index (χ4v) is 1.32. The van der Waals surface area contributed by atoms with Gasteiger partial charge in [-0.2, -0.15) is 5.26 Å². The van der Waals surface area contributed by atoms with Crippen LogP contribution < -0.4 is 4.74 Å². The highest BCUT2D eigenvalue weighted by Gasteiger charge is 2.12. The molecule has 0 fully saturated rings. The van der Waals surface area contributed by atoms with E-state index in [2.05, 4.69) is 4.74 Å². The SMILES string of the molecule is COC(=O)c1cc(OC(C)=O)ccc1C=CC#N. The van der Waals surface area contributed by atoms with E-state index in [1.54, 1.807) is 6.07 Å². The van der Waals surface area contributed by atoms with Crippen LogP contribution in [0, 0.1) is 11.3 Å². The molecule has 0 radical (unpaired) electrons. The highest BCUT2D eigenvalue weighted by molar-refractivity contribution is 5.94. The quantitative estimate of drug-likeness (QED) is 0.462. The summed E-state index contributed by atoms with van der Waals surface area (Å²) in [5, 5.41) is 8.47. The molecule has 0 heterocycles. The van der Waals surface area contributed by atoms with Crippen molar-refractivity contribution < 1.29 is 19.1 Å². The van der Waals surface area contributed by atoms with E-state index in [4.69, 9.17) is 10.00 Å². The largest absolute Gasteiger partial charge is 0.465 e. The third-order valence-corrected chi connectivity index (χ3v) is 2.03. The molecule has 1 aromatic carbocycles. The second-order valence-electron chi connectivity index (χ2n) is 3.30. The van der Waals surface area contributed by atoms with Gasteiger partial charge in [-0.3, -0.25) is 4.79 Å². The van der Waals surface area contributed by atoms with E-state index in [1.807, 2.05) is 6.07 Å². The third kappa shape index (κ3) is 3.46. The molecule has 18 heavy (non-hydrogen) atoms. The number of ether oxygens (including phenoxy) is 2. The third-order valence-electron chi connectivity index (χ3n) is 2.03. The van der Waals surface area contributed by atoms with Gasteiger partial charge in [0, 0.05) is 13.0 Å². The van der Waals surface area contributed by atoms with Crippen LogP contribution in [0.2, 0.25) is 0 Å². The molecule has 0 spiro atoms. The Bertz CT molecular complexity index is 540. The molecule has 0 saturated carbocycles. The molecular weight excluding hydrogens is 234 g/mol. The molecule has 0 bridgehead atoms. The van der Waals surface area contributed by atoms with Gasteiger partial charge in [0.1, 0.15) is 5.75 Å². The van der Waals surface area contributed by atoms with Crippen LogP contribution in [0.5, 0.6) is 5.75 Å². The van der Waals surface area contributed by atoms with Gasteiger partial charge < -0.3 is 9.47 Å². The maximum atomic E-state index is 11.6. The summed E-state index contributed by atoms with van der Waals surface area (Å²) in [5.74, 6) is -0.801. The zero-order valence-corrected chi connectivity index (χ0v) is 9.97. The van der Waals surface area contributed by atoms with Crippen LogP contribution in [0.4, 0.5) is 0 Å². The summed E-state index contributed by atoms with van der Waals surface area (Å²) >= 11 is 0. The minimum atomic E-state index is -0.568. The summed E-state index contributed by atoms with van der Waals surface area (Å²) in [5.41, 5.74) is 0.738. The first-order valence-electron chi connectivity index (χ1n) is 5.05. The number of carbonyl (C=O) groups is 2. The monoisotopic (exact) mass is 245 g/mol. The average Bonchev–Trinajstić information content (AvgIpc) is 2.35. The predicted molar refractivity (Wildman–Crippen MR) is 63.7 cm³/mol. The zero-order valence-electron chi connectivity index (χ0n) is 9.97. The summed E-state index contributed by atoms with van der Waals surface area (Å²) in [6, 6.07) is 6.32. The van der Waals surface area contributed by atoms with Crippen molar-refractivity contribution in [1.82, 2.24) is 0 Å².